The van der Waals surface area contributed by atoms with Crippen LogP contribution in [0.4, 0.5) is 14.6 Å². The molecule has 1 saturated heterocycles. The standard InChI is InChI=1S/C27H27F2N9O3S2/c1-26(5-2-6-26)24(39)37-11-9-36(10-12-37)21-19-17-4-3-16(43(40,41)35-27(14-30)7-8-27)13-18(17)38(22(19)32-15-31-21)25-34-33-23(42-25)20(28)29/h3-4,13,15,20,35H,2,5-12H2,1H3. The van der Waals surface area contributed by atoms with Crippen LogP contribution in [-0.4, -0.2) is 75.7 Å². The van der Waals surface area contributed by atoms with Crippen LogP contribution >= 0.6 is 11.3 Å². The lowest BCUT2D eigenvalue weighted by Gasteiger charge is -2.44. The summed E-state index contributed by atoms with van der Waals surface area (Å²) in [6.07, 6.45) is 2.26. The third-order valence-electron chi connectivity index (χ3n) is 8.75. The number of fused-ring (bicyclic) bond motifs is 3. The van der Waals surface area contributed by atoms with E-state index in [-0.39, 0.29) is 21.3 Å². The zero-order valence-corrected chi connectivity index (χ0v) is 24.8. The quantitative estimate of drug-likeness (QED) is 0.325. The Bertz CT molecular complexity index is 1920. The molecular formula is C27H27F2N9O3S2. The summed E-state index contributed by atoms with van der Waals surface area (Å²) in [5.41, 5.74) is -0.680. The lowest BCUT2D eigenvalue weighted by Crippen LogP contribution is -2.54. The lowest BCUT2D eigenvalue weighted by molar-refractivity contribution is -0.146. The largest absolute Gasteiger partial charge is 0.352 e. The van der Waals surface area contributed by atoms with Gasteiger partial charge in [-0.3, -0.25) is 9.36 Å². The lowest BCUT2D eigenvalue weighted by atomic mass is 9.69. The average Bonchev–Trinajstić information content (AvgIpc) is 3.42. The minimum Gasteiger partial charge on any atom is -0.352 e. The van der Waals surface area contributed by atoms with Gasteiger partial charge in [0.2, 0.25) is 21.1 Å². The van der Waals surface area contributed by atoms with Gasteiger partial charge in [0.25, 0.3) is 6.43 Å². The van der Waals surface area contributed by atoms with E-state index in [0.29, 0.717) is 78.1 Å². The van der Waals surface area contributed by atoms with Crippen molar-refractivity contribution >= 4 is 55.0 Å². The molecule has 0 unspecified atom stereocenters. The molecule has 1 aliphatic heterocycles. The first-order chi connectivity index (χ1) is 20.5. The van der Waals surface area contributed by atoms with Crippen LogP contribution in [0.3, 0.4) is 0 Å². The number of hydrogen-bond donors (Lipinski definition) is 1. The second-order valence-electron chi connectivity index (χ2n) is 11.6. The summed E-state index contributed by atoms with van der Waals surface area (Å²) in [4.78, 5) is 26.0. The van der Waals surface area contributed by atoms with Gasteiger partial charge in [-0.15, -0.1) is 10.2 Å². The van der Waals surface area contributed by atoms with Gasteiger partial charge in [0.1, 0.15) is 17.7 Å². The highest BCUT2D eigenvalue weighted by molar-refractivity contribution is 7.89. The molecule has 0 radical (unpaired) electrons. The van der Waals surface area contributed by atoms with E-state index in [2.05, 4.69) is 29.8 Å². The molecule has 0 bridgehead atoms. The Labute approximate surface area is 249 Å². The van der Waals surface area contributed by atoms with Crippen molar-refractivity contribution in [2.45, 2.75) is 55.9 Å². The maximum Gasteiger partial charge on any atom is 0.291 e. The Kier molecular flexibility index (Phi) is 6.42. The number of nitrogens with one attached hydrogen (secondary N) is 1. The first kappa shape index (κ1) is 28.0. The maximum atomic E-state index is 13.5. The van der Waals surface area contributed by atoms with E-state index in [0.717, 1.165) is 19.3 Å². The third kappa shape index (κ3) is 4.61. The first-order valence-corrected chi connectivity index (χ1v) is 16.2. The van der Waals surface area contributed by atoms with Gasteiger partial charge in [-0.05, 0) is 37.8 Å². The number of carbonyl (C=O) groups excluding carboxylic acids is 1. The predicted octanol–water partition coefficient (Wildman–Crippen LogP) is 3.54. The number of nitrogens with zero attached hydrogens (tertiary/aromatic N) is 8. The molecule has 1 N–H and O–H groups in total. The number of anilines is 1. The molecule has 43 heavy (non-hydrogen) atoms. The molecule has 3 aliphatic rings. The van der Waals surface area contributed by atoms with Crippen molar-refractivity contribution in [3.8, 4) is 11.2 Å². The average molecular weight is 628 g/mol. The number of aromatic nitrogens is 5. The minimum absolute atomic E-state index is 0.0877. The van der Waals surface area contributed by atoms with E-state index in [9.17, 15) is 27.3 Å². The molecule has 3 fully saturated rings. The topological polar surface area (TPSA) is 150 Å². The maximum absolute atomic E-state index is 13.5. The highest BCUT2D eigenvalue weighted by atomic mass is 32.2. The minimum atomic E-state index is -4.08. The van der Waals surface area contributed by atoms with Crippen molar-refractivity contribution < 1.29 is 22.0 Å². The van der Waals surface area contributed by atoms with Crippen molar-refractivity contribution in [1.29, 1.82) is 5.26 Å². The normalized spacial score (nSPS) is 19.5. The summed E-state index contributed by atoms with van der Waals surface area (Å²) < 4.78 is 57.5. The molecule has 3 aromatic heterocycles. The Morgan fingerprint density at radius 3 is 2.47 bits per heavy atom. The number of benzene rings is 1. The van der Waals surface area contributed by atoms with Gasteiger partial charge in [-0.2, -0.15) is 9.98 Å². The molecular weight excluding hydrogens is 600 g/mol. The van der Waals surface area contributed by atoms with E-state index in [4.69, 9.17) is 0 Å². The fourth-order valence-electron chi connectivity index (χ4n) is 5.91. The predicted molar refractivity (Wildman–Crippen MR) is 153 cm³/mol. The van der Waals surface area contributed by atoms with Gasteiger partial charge < -0.3 is 9.80 Å². The summed E-state index contributed by atoms with van der Waals surface area (Å²) in [7, 11) is -4.08. The molecule has 16 heteroatoms. The number of nitriles is 1. The monoisotopic (exact) mass is 627 g/mol. The molecule has 0 atom stereocenters. The molecule has 2 aliphatic carbocycles. The molecule has 12 nitrogen and oxygen atoms in total. The van der Waals surface area contributed by atoms with Crippen LogP contribution in [0.5, 0.6) is 0 Å². The molecule has 0 spiro atoms. The Morgan fingerprint density at radius 2 is 1.86 bits per heavy atom. The summed E-state index contributed by atoms with van der Waals surface area (Å²) in [5.74, 6) is 0.769. The van der Waals surface area contributed by atoms with E-state index in [1.165, 1.54) is 23.0 Å². The van der Waals surface area contributed by atoms with Crippen LogP contribution in [0.15, 0.2) is 29.4 Å². The summed E-state index contributed by atoms with van der Waals surface area (Å²) in [5, 5.41) is 17.9. The van der Waals surface area contributed by atoms with Crippen molar-refractivity contribution in [2.75, 3.05) is 31.1 Å². The number of rotatable bonds is 7. The van der Waals surface area contributed by atoms with Crippen LogP contribution in [0.2, 0.25) is 0 Å². The number of piperazine rings is 1. The Hall–Kier alpha value is -3.81. The number of carbonyl (C=O) groups is 1. The van der Waals surface area contributed by atoms with Crippen LogP contribution < -0.4 is 9.62 Å². The molecule has 4 heterocycles. The molecule has 1 aromatic carbocycles. The fourth-order valence-corrected chi connectivity index (χ4v) is 8.02. The number of amides is 1. The van der Waals surface area contributed by atoms with Gasteiger partial charge in [0.15, 0.2) is 10.7 Å². The zero-order valence-electron chi connectivity index (χ0n) is 23.1. The number of alkyl halides is 2. The van der Waals surface area contributed by atoms with Gasteiger partial charge in [0.05, 0.1) is 21.9 Å². The number of halogens is 2. The molecule has 1 amide bonds. The first-order valence-electron chi connectivity index (χ1n) is 13.9. The van der Waals surface area contributed by atoms with Crippen molar-refractivity contribution in [3.63, 3.8) is 0 Å². The molecule has 224 valence electrons. The van der Waals surface area contributed by atoms with Crippen molar-refractivity contribution in [3.05, 3.63) is 29.5 Å². The molecule has 2 saturated carbocycles. The second-order valence-corrected chi connectivity index (χ2v) is 14.3. The molecule has 7 rings (SSSR count). The highest BCUT2D eigenvalue weighted by Gasteiger charge is 2.47. The second kappa shape index (κ2) is 9.86. The highest BCUT2D eigenvalue weighted by Crippen LogP contribution is 2.43. The van der Waals surface area contributed by atoms with Gasteiger partial charge in [-0.25, -0.2) is 27.2 Å². The summed E-state index contributed by atoms with van der Waals surface area (Å²) >= 11 is 0.685. The summed E-state index contributed by atoms with van der Waals surface area (Å²) in [6.45, 7) is 4.14. The Balaban J connectivity index is 1.32. The Morgan fingerprint density at radius 1 is 1.12 bits per heavy atom. The van der Waals surface area contributed by atoms with E-state index in [1.54, 1.807) is 6.07 Å². The van der Waals surface area contributed by atoms with Crippen molar-refractivity contribution in [2.24, 2.45) is 5.41 Å². The number of hydrogen-bond acceptors (Lipinski definition) is 10. The van der Waals surface area contributed by atoms with Crippen LogP contribution in [0, 0.1) is 16.7 Å². The van der Waals surface area contributed by atoms with Crippen molar-refractivity contribution in [1.82, 2.24) is 34.4 Å². The van der Waals surface area contributed by atoms with Crippen LogP contribution in [0.25, 0.3) is 27.1 Å². The van der Waals surface area contributed by atoms with E-state index < -0.39 is 27.0 Å². The van der Waals surface area contributed by atoms with E-state index in [1.807, 2.05) is 17.9 Å². The van der Waals surface area contributed by atoms with Crippen LogP contribution in [-0.2, 0) is 14.8 Å². The zero-order chi connectivity index (χ0) is 30.1. The van der Waals surface area contributed by atoms with Gasteiger partial charge in [-0.1, -0.05) is 30.7 Å². The van der Waals surface area contributed by atoms with Crippen LogP contribution in [0.1, 0.15) is 50.5 Å². The summed E-state index contributed by atoms with van der Waals surface area (Å²) in [6, 6.07) is 6.53. The van der Waals surface area contributed by atoms with Gasteiger partial charge in [0, 0.05) is 37.0 Å². The van der Waals surface area contributed by atoms with E-state index >= 15 is 0 Å². The molecule has 4 aromatic rings. The SMILES string of the molecule is CC1(C(=O)N2CCN(c3ncnc4c3c3ccc(S(=O)(=O)NC5(C#N)CC5)cc3n4-c3nnc(C(F)F)s3)CC2)CCC1. The smallest absolute Gasteiger partial charge is 0.291 e. The number of sulfonamides is 1. The van der Waals surface area contributed by atoms with Gasteiger partial charge >= 0.3 is 0 Å². The fraction of sp³-hybridized carbons (Fsp3) is 0.481. The third-order valence-corrected chi connectivity index (χ3v) is 11.2.